The summed E-state index contributed by atoms with van der Waals surface area (Å²) in [6.07, 6.45) is 1.90. The number of anilines is 1. The second kappa shape index (κ2) is 6.71. The molecule has 6 heteroatoms. The van der Waals surface area contributed by atoms with Crippen LogP contribution in [0.15, 0.2) is 18.2 Å². The Morgan fingerprint density at radius 3 is 2.68 bits per heavy atom. The zero-order valence-corrected chi connectivity index (χ0v) is 13.4. The summed E-state index contributed by atoms with van der Waals surface area (Å²) in [5.41, 5.74) is 0.365. The Bertz CT molecular complexity index is 514. The summed E-state index contributed by atoms with van der Waals surface area (Å²) >= 11 is 5.86. The summed E-state index contributed by atoms with van der Waals surface area (Å²) in [6, 6.07) is 4.88. The quantitative estimate of drug-likeness (QED) is 0.886. The maximum Gasteiger partial charge on any atom is 0.141 e. The highest BCUT2D eigenvalue weighted by Crippen LogP contribution is 2.24. The molecule has 2 aliphatic rings. The molecule has 4 nitrogen and oxygen atoms in total. The van der Waals surface area contributed by atoms with Crippen LogP contribution in [0.1, 0.15) is 12.8 Å². The van der Waals surface area contributed by atoms with Crippen LogP contribution in [0.4, 0.5) is 10.1 Å². The number of piperazine rings is 1. The van der Waals surface area contributed by atoms with Gasteiger partial charge in [0.2, 0.25) is 0 Å². The summed E-state index contributed by atoms with van der Waals surface area (Å²) in [6.45, 7) is 5.94. The maximum absolute atomic E-state index is 13.2. The van der Waals surface area contributed by atoms with Crippen molar-refractivity contribution in [3.63, 3.8) is 0 Å². The van der Waals surface area contributed by atoms with Gasteiger partial charge in [0.05, 0.1) is 10.6 Å². The molecule has 2 fully saturated rings. The van der Waals surface area contributed by atoms with Crippen molar-refractivity contribution in [2.75, 3.05) is 50.7 Å². The topological polar surface area (TPSA) is 38.7 Å². The van der Waals surface area contributed by atoms with Gasteiger partial charge in [-0.05, 0) is 37.6 Å². The Hall–Kier alpha value is -0.880. The van der Waals surface area contributed by atoms with E-state index in [1.165, 1.54) is 6.07 Å². The highest BCUT2D eigenvalue weighted by atomic mass is 35.5. The monoisotopic (exact) mass is 327 g/mol. The minimum atomic E-state index is -0.598. The first kappa shape index (κ1) is 16.0. The van der Waals surface area contributed by atoms with Gasteiger partial charge in [0.25, 0.3) is 0 Å². The van der Waals surface area contributed by atoms with Crippen molar-refractivity contribution in [2.45, 2.75) is 18.4 Å². The lowest BCUT2D eigenvalue weighted by atomic mass is 9.93. The van der Waals surface area contributed by atoms with Crippen LogP contribution >= 0.6 is 11.6 Å². The molecule has 0 amide bonds. The summed E-state index contributed by atoms with van der Waals surface area (Å²) in [5, 5.41) is 14.0. The van der Waals surface area contributed by atoms with Crippen molar-refractivity contribution < 1.29 is 9.50 Å². The number of nitrogens with one attached hydrogen (secondary N) is 1. The number of piperidine rings is 1. The molecule has 3 rings (SSSR count). The Balaban J connectivity index is 1.54. The normalized spacial score (nSPS) is 27.1. The standard InChI is InChI=1S/C16H23ClFN3O/c17-14-10-13(2-3-15(14)18)21-8-6-20(7-9-21)12-16(22)4-1-5-19-11-16/h2-3,10,19,22H,1,4-9,11-12H2/t16-/m0/s1. The third-order valence-electron chi connectivity index (χ3n) is 4.61. The van der Waals surface area contributed by atoms with Crippen LogP contribution in [-0.2, 0) is 0 Å². The molecule has 0 spiro atoms. The zero-order chi connectivity index (χ0) is 15.6. The van der Waals surface area contributed by atoms with Gasteiger partial charge < -0.3 is 15.3 Å². The molecule has 0 bridgehead atoms. The summed E-state index contributed by atoms with van der Waals surface area (Å²) in [4.78, 5) is 4.53. The molecule has 0 aliphatic carbocycles. The average Bonchev–Trinajstić information content (AvgIpc) is 2.51. The molecule has 122 valence electrons. The number of halogens is 2. The lowest BCUT2D eigenvalue weighted by molar-refractivity contribution is -0.0164. The van der Waals surface area contributed by atoms with E-state index in [1.807, 2.05) is 0 Å². The van der Waals surface area contributed by atoms with Crippen molar-refractivity contribution >= 4 is 17.3 Å². The number of β-amino-alcohol motifs (C(OH)–C–C–N with tert-alkyl or cyclic N) is 1. The SMILES string of the molecule is O[C@@]1(CN2CCN(c3ccc(F)c(Cl)c3)CC2)CCCNC1. The van der Waals surface area contributed by atoms with Crippen molar-refractivity contribution in [1.29, 1.82) is 0 Å². The highest BCUT2D eigenvalue weighted by Gasteiger charge is 2.32. The van der Waals surface area contributed by atoms with E-state index in [-0.39, 0.29) is 10.8 Å². The Morgan fingerprint density at radius 1 is 1.27 bits per heavy atom. The van der Waals surface area contributed by atoms with Crippen LogP contribution < -0.4 is 10.2 Å². The molecule has 0 saturated carbocycles. The lowest BCUT2D eigenvalue weighted by Gasteiger charge is -2.41. The Labute approximate surface area is 135 Å². The van der Waals surface area contributed by atoms with E-state index < -0.39 is 5.60 Å². The lowest BCUT2D eigenvalue weighted by Crippen LogP contribution is -2.56. The van der Waals surface area contributed by atoms with Gasteiger partial charge in [-0.2, -0.15) is 0 Å². The van der Waals surface area contributed by atoms with E-state index in [4.69, 9.17) is 11.6 Å². The van der Waals surface area contributed by atoms with E-state index >= 15 is 0 Å². The predicted molar refractivity (Wildman–Crippen MR) is 87.1 cm³/mol. The van der Waals surface area contributed by atoms with Crippen molar-refractivity contribution in [2.24, 2.45) is 0 Å². The van der Waals surface area contributed by atoms with Gasteiger partial charge in [-0.25, -0.2) is 4.39 Å². The largest absolute Gasteiger partial charge is 0.387 e. The number of benzene rings is 1. The molecule has 0 aromatic heterocycles. The molecule has 1 aromatic carbocycles. The van der Waals surface area contributed by atoms with Crippen LogP contribution in [-0.4, -0.2) is 61.4 Å². The van der Waals surface area contributed by atoms with Gasteiger partial charge in [-0.1, -0.05) is 11.6 Å². The first-order chi connectivity index (χ1) is 10.6. The van der Waals surface area contributed by atoms with Crippen LogP contribution in [0.3, 0.4) is 0 Å². The molecule has 0 radical (unpaired) electrons. The molecule has 22 heavy (non-hydrogen) atoms. The summed E-state index contributed by atoms with van der Waals surface area (Å²) in [7, 11) is 0. The molecular formula is C16H23ClFN3O. The predicted octanol–water partition coefficient (Wildman–Crippen LogP) is 1.72. The van der Waals surface area contributed by atoms with E-state index in [9.17, 15) is 9.50 Å². The Morgan fingerprint density at radius 2 is 2.05 bits per heavy atom. The molecule has 2 N–H and O–H groups in total. The number of hydrogen-bond donors (Lipinski definition) is 2. The van der Waals surface area contributed by atoms with Crippen molar-refractivity contribution in [3.05, 3.63) is 29.0 Å². The number of nitrogens with zero attached hydrogens (tertiary/aromatic N) is 2. The zero-order valence-electron chi connectivity index (χ0n) is 12.7. The first-order valence-corrected chi connectivity index (χ1v) is 8.29. The van der Waals surface area contributed by atoms with Gasteiger partial charge in [-0.15, -0.1) is 0 Å². The molecule has 2 saturated heterocycles. The molecule has 1 aromatic rings. The molecular weight excluding hydrogens is 305 g/mol. The fraction of sp³-hybridized carbons (Fsp3) is 0.625. The fourth-order valence-electron chi connectivity index (χ4n) is 3.35. The summed E-state index contributed by atoms with van der Waals surface area (Å²) < 4.78 is 13.2. The van der Waals surface area contributed by atoms with Crippen molar-refractivity contribution in [1.82, 2.24) is 10.2 Å². The van der Waals surface area contributed by atoms with E-state index in [2.05, 4.69) is 15.1 Å². The van der Waals surface area contributed by atoms with E-state index in [0.717, 1.165) is 57.8 Å². The van der Waals surface area contributed by atoms with Gasteiger partial charge in [-0.3, -0.25) is 4.90 Å². The third kappa shape index (κ3) is 3.71. The fourth-order valence-corrected chi connectivity index (χ4v) is 3.52. The van der Waals surface area contributed by atoms with Gasteiger partial charge in [0, 0.05) is 45.0 Å². The number of rotatable bonds is 3. The maximum atomic E-state index is 13.2. The van der Waals surface area contributed by atoms with E-state index in [0.29, 0.717) is 6.54 Å². The molecule has 1 atom stereocenters. The minimum Gasteiger partial charge on any atom is -0.387 e. The highest BCUT2D eigenvalue weighted by molar-refractivity contribution is 6.31. The van der Waals surface area contributed by atoms with Gasteiger partial charge in [0.1, 0.15) is 5.82 Å². The van der Waals surface area contributed by atoms with E-state index in [1.54, 1.807) is 12.1 Å². The molecule has 2 aliphatic heterocycles. The summed E-state index contributed by atoms with van der Waals surface area (Å²) in [5.74, 6) is -0.379. The van der Waals surface area contributed by atoms with Crippen LogP contribution in [0.5, 0.6) is 0 Å². The average molecular weight is 328 g/mol. The smallest absolute Gasteiger partial charge is 0.141 e. The second-order valence-electron chi connectivity index (χ2n) is 6.37. The van der Waals surface area contributed by atoms with Gasteiger partial charge >= 0.3 is 0 Å². The second-order valence-corrected chi connectivity index (χ2v) is 6.77. The number of hydrogen-bond acceptors (Lipinski definition) is 4. The first-order valence-electron chi connectivity index (χ1n) is 7.91. The van der Waals surface area contributed by atoms with Gasteiger partial charge in [0.15, 0.2) is 0 Å². The third-order valence-corrected chi connectivity index (χ3v) is 4.90. The molecule has 2 heterocycles. The van der Waals surface area contributed by atoms with Crippen LogP contribution in [0, 0.1) is 5.82 Å². The van der Waals surface area contributed by atoms with Crippen molar-refractivity contribution in [3.8, 4) is 0 Å². The number of aliphatic hydroxyl groups is 1. The Kier molecular flexibility index (Phi) is 4.88. The van der Waals surface area contributed by atoms with Crippen LogP contribution in [0.25, 0.3) is 0 Å². The molecule has 0 unspecified atom stereocenters. The minimum absolute atomic E-state index is 0.169. The van der Waals surface area contributed by atoms with Crippen LogP contribution in [0.2, 0.25) is 5.02 Å².